The first kappa shape index (κ1) is 13.7. The molecule has 0 saturated heterocycles. The molecule has 0 bridgehead atoms. The molecule has 1 heterocycles. The zero-order valence-electron chi connectivity index (χ0n) is 12.0. The highest BCUT2D eigenvalue weighted by Crippen LogP contribution is 2.27. The lowest BCUT2D eigenvalue weighted by Crippen LogP contribution is -2.22. The third kappa shape index (κ3) is 2.77. The number of rotatable bonds is 2. The number of nitrogens with one attached hydrogen (secondary N) is 1. The summed E-state index contributed by atoms with van der Waals surface area (Å²) in [7, 11) is 0. The first-order chi connectivity index (χ1) is 10.0. The van der Waals surface area contributed by atoms with Gasteiger partial charge in [-0.25, -0.2) is 14.4 Å². The van der Waals surface area contributed by atoms with Crippen LogP contribution in [0.4, 0.5) is 16.0 Å². The molecular formula is C16H16FN3O. The Balaban J connectivity index is 1.94. The first-order valence-electron chi connectivity index (χ1n) is 6.96. The highest BCUT2D eigenvalue weighted by Gasteiger charge is 2.26. The van der Waals surface area contributed by atoms with Crippen molar-refractivity contribution in [3.05, 3.63) is 47.0 Å². The lowest BCUT2D eigenvalue weighted by atomic mass is 9.86. The normalized spacial score (nSPS) is 17.5. The van der Waals surface area contributed by atoms with E-state index in [1.807, 2.05) is 13.8 Å². The Labute approximate surface area is 122 Å². The number of benzene rings is 1. The van der Waals surface area contributed by atoms with Gasteiger partial charge in [-0.1, -0.05) is 6.92 Å². The minimum Gasteiger partial charge on any atom is -0.324 e. The molecule has 0 saturated carbocycles. The molecule has 0 aliphatic heterocycles. The maximum Gasteiger partial charge on any atom is 0.227 e. The molecule has 1 aliphatic rings. The number of anilines is 2. The fourth-order valence-corrected chi connectivity index (χ4v) is 2.68. The number of hydrogen-bond acceptors (Lipinski definition) is 4. The van der Waals surface area contributed by atoms with Gasteiger partial charge in [-0.3, -0.25) is 4.79 Å². The minimum absolute atomic E-state index is 0.120. The lowest BCUT2D eigenvalue weighted by Gasteiger charge is -2.21. The Hall–Kier alpha value is -2.30. The highest BCUT2D eigenvalue weighted by molar-refractivity contribution is 5.99. The molecule has 5 heteroatoms. The van der Waals surface area contributed by atoms with E-state index in [4.69, 9.17) is 0 Å². The van der Waals surface area contributed by atoms with Gasteiger partial charge in [-0.15, -0.1) is 0 Å². The topological polar surface area (TPSA) is 54.9 Å². The number of carbonyl (C=O) groups excluding carboxylic acids is 1. The number of aromatic nitrogens is 2. The second kappa shape index (κ2) is 5.24. The highest BCUT2D eigenvalue weighted by atomic mass is 19.1. The van der Waals surface area contributed by atoms with E-state index in [2.05, 4.69) is 15.3 Å². The van der Waals surface area contributed by atoms with Crippen LogP contribution in [0.5, 0.6) is 0 Å². The predicted molar refractivity (Wildman–Crippen MR) is 78.3 cm³/mol. The SMILES string of the molecule is Cc1nc(Nc2ccc(F)cc2)nc2c1C(=O)C[C@H](C)C2. The second-order valence-electron chi connectivity index (χ2n) is 5.52. The molecule has 1 N–H and O–H groups in total. The van der Waals surface area contributed by atoms with Gasteiger partial charge in [0.1, 0.15) is 5.82 Å². The Bertz CT molecular complexity index is 697. The van der Waals surface area contributed by atoms with E-state index < -0.39 is 0 Å². The summed E-state index contributed by atoms with van der Waals surface area (Å²) >= 11 is 0. The van der Waals surface area contributed by atoms with E-state index in [-0.39, 0.29) is 11.6 Å². The summed E-state index contributed by atoms with van der Waals surface area (Å²) in [5, 5.41) is 3.05. The van der Waals surface area contributed by atoms with Crippen LogP contribution in [0.2, 0.25) is 0 Å². The van der Waals surface area contributed by atoms with Crippen LogP contribution < -0.4 is 5.32 Å². The van der Waals surface area contributed by atoms with Gasteiger partial charge in [0, 0.05) is 12.1 Å². The van der Waals surface area contributed by atoms with Gasteiger partial charge >= 0.3 is 0 Å². The van der Waals surface area contributed by atoms with Gasteiger partial charge in [-0.2, -0.15) is 0 Å². The molecule has 2 aromatic rings. The van der Waals surface area contributed by atoms with E-state index in [0.29, 0.717) is 35.2 Å². The third-order valence-electron chi connectivity index (χ3n) is 3.62. The van der Waals surface area contributed by atoms with E-state index in [0.717, 1.165) is 12.1 Å². The van der Waals surface area contributed by atoms with Crippen molar-refractivity contribution in [2.75, 3.05) is 5.32 Å². The number of aryl methyl sites for hydroxylation is 1. The molecule has 21 heavy (non-hydrogen) atoms. The summed E-state index contributed by atoms with van der Waals surface area (Å²) in [6, 6.07) is 6.00. The quantitative estimate of drug-likeness (QED) is 0.918. The van der Waals surface area contributed by atoms with Crippen LogP contribution in [0.1, 0.15) is 35.1 Å². The fraction of sp³-hybridized carbons (Fsp3) is 0.312. The molecular weight excluding hydrogens is 269 g/mol. The Kier molecular flexibility index (Phi) is 3.41. The molecule has 3 rings (SSSR count). The Morgan fingerprint density at radius 1 is 1.19 bits per heavy atom. The van der Waals surface area contributed by atoms with Crippen LogP contribution in [0.25, 0.3) is 0 Å². The van der Waals surface area contributed by atoms with Gasteiger partial charge in [0.2, 0.25) is 5.95 Å². The maximum absolute atomic E-state index is 12.9. The number of halogens is 1. The van der Waals surface area contributed by atoms with E-state index in [1.165, 1.54) is 12.1 Å². The molecule has 1 aliphatic carbocycles. The fourth-order valence-electron chi connectivity index (χ4n) is 2.68. The molecule has 4 nitrogen and oxygen atoms in total. The Morgan fingerprint density at radius 2 is 1.90 bits per heavy atom. The third-order valence-corrected chi connectivity index (χ3v) is 3.62. The van der Waals surface area contributed by atoms with Crippen molar-refractivity contribution in [1.29, 1.82) is 0 Å². The summed E-state index contributed by atoms with van der Waals surface area (Å²) in [6.45, 7) is 3.87. The molecule has 1 atom stereocenters. The average Bonchev–Trinajstić information content (AvgIpc) is 2.40. The van der Waals surface area contributed by atoms with Crippen LogP contribution in [0.3, 0.4) is 0 Å². The summed E-state index contributed by atoms with van der Waals surface area (Å²) < 4.78 is 12.9. The zero-order valence-corrected chi connectivity index (χ0v) is 12.0. The summed E-state index contributed by atoms with van der Waals surface area (Å²) in [5.74, 6) is 0.579. The molecule has 0 unspecified atom stereocenters. The van der Waals surface area contributed by atoms with Gasteiger partial charge in [0.15, 0.2) is 5.78 Å². The molecule has 0 amide bonds. The van der Waals surface area contributed by atoms with Crippen molar-refractivity contribution < 1.29 is 9.18 Å². The second-order valence-corrected chi connectivity index (χ2v) is 5.52. The Morgan fingerprint density at radius 3 is 2.62 bits per heavy atom. The standard InChI is InChI=1S/C16H16FN3O/c1-9-7-13-15(14(21)8-9)10(2)18-16(20-13)19-12-5-3-11(17)4-6-12/h3-6,9H,7-8H2,1-2H3,(H,18,19,20)/t9-/m1/s1. The van der Waals surface area contributed by atoms with Crippen LogP contribution in [0.15, 0.2) is 24.3 Å². The molecule has 0 fully saturated rings. The van der Waals surface area contributed by atoms with Crippen molar-refractivity contribution in [2.45, 2.75) is 26.7 Å². The number of hydrogen-bond donors (Lipinski definition) is 1. The van der Waals surface area contributed by atoms with Gasteiger partial charge < -0.3 is 5.32 Å². The molecule has 0 radical (unpaired) electrons. The predicted octanol–water partition coefficient (Wildman–Crippen LogP) is 3.43. The van der Waals surface area contributed by atoms with Gasteiger partial charge in [0.05, 0.1) is 17.0 Å². The van der Waals surface area contributed by atoms with Crippen LogP contribution in [-0.4, -0.2) is 15.8 Å². The van der Waals surface area contributed by atoms with Crippen molar-refractivity contribution >= 4 is 17.4 Å². The van der Waals surface area contributed by atoms with Crippen LogP contribution in [0, 0.1) is 18.7 Å². The number of fused-ring (bicyclic) bond motifs is 1. The number of nitrogens with zero attached hydrogens (tertiary/aromatic N) is 2. The van der Waals surface area contributed by atoms with Crippen molar-refractivity contribution in [2.24, 2.45) is 5.92 Å². The molecule has 0 spiro atoms. The van der Waals surface area contributed by atoms with E-state index in [9.17, 15) is 9.18 Å². The summed E-state index contributed by atoms with van der Waals surface area (Å²) in [4.78, 5) is 20.9. The van der Waals surface area contributed by atoms with E-state index >= 15 is 0 Å². The zero-order chi connectivity index (χ0) is 15.0. The van der Waals surface area contributed by atoms with E-state index in [1.54, 1.807) is 12.1 Å². The smallest absolute Gasteiger partial charge is 0.227 e. The van der Waals surface area contributed by atoms with Crippen molar-refractivity contribution in [1.82, 2.24) is 9.97 Å². The first-order valence-corrected chi connectivity index (χ1v) is 6.96. The van der Waals surface area contributed by atoms with Gasteiger partial charge in [0.25, 0.3) is 0 Å². The van der Waals surface area contributed by atoms with Crippen LogP contribution in [-0.2, 0) is 6.42 Å². The van der Waals surface area contributed by atoms with Crippen molar-refractivity contribution in [3.8, 4) is 0 Å². The average molecular weight is 285 g/mol. The summed E-state index contributed by atoms with van der Waals surface area (Å²) in [6.07, 6.45) is 1.34. The van der Waals surface area contributed by atoms with Crippen LogP contribution >= 0.6 is 0 Å². The molecule has 1 aromatic heterocycles. The molecule has 1 aromatic carbocycles. The largest absolute Gasteiger partial charge is 0.324 e. The lowest BCUT2D eigenvalue weighted by molar-refractivity contribution is 0.0951. The minimum atomic E-state index is -0.289. The number of carbonyl (C=O) groups is 1. The number of ketones is 1. The molecule has 108 valence electrons. The monoisotopic (exact) mass is 285 g/mol. The van der Waals surface area contributed by atoms with Crippen molar-refractivity contribution in [3.63, 3.8) is 0 Å². The number of Topliss-reactive ketones (excluding diaryl/α,β-unsaturated/α-hetero) is 1. The van der Waals surface area contributed by atoms with Gasteiger partial charge in [-0.05, 0) is 43.5 Å². The summed E-state index contributed by atoms with van der Waals surface area (Å²) in [5.41, 5.74) is 2.88. The maximum atomic E-state index is 12.9.